The van der Waals surface area contributed by atoms with E-state index in [1.54, 1.807) is 7.11 Å². The van der Waals surface area contributed by atoms with Gasteiger partial charge < -0.3 is 24.4 Å². The van der Waals surface area contributed by atoms with Gasteiger partial charge >= 0.3 is 0 Å². The molecular weight excluding hydrogens is 354 g/mol. The Morgan fingerprint density at radius 2 is 2.07 bits per heavy atom. The van der Waals surface area contributed by atoms with Crippen molar-refractivity contribution in [3.63, 3.8) is 0 Å². The van der Waals surface area contributed by atoms with Crippen LogP contribution < -0.4 is 14.8 Å². The van der Waals surface area contributed by atoms with Gasteiger partial charge in [0.25, 0.3) is 0 Å². The summed E-state index contributed by atoms with van der Waals surface area (Å²) in [6.45, 7) is 6.37. The Morgan fingerprint density at radius 3 is 2.79 bits per heavy atom. The molecule has 1 aliphatic carbocycles. The van der Waals surface area contributed by atoms with Gasteiger partial charge in [0.1, 0.15) is 11.5 Å². The second kappa shape index (κ2) is 10.6. The van der Waals surface area contributed by atoms with E-state index in [0.717, 1.165) is 68.6 Å². The van der Waals surface area contributed by atoms with Gasteiger partial charge in [-0.3, -0.25) is 4.99 Å². The van der Waals surface area contributed by atoms with E-state index in [1.165, 1.54) is 12.8 Å². The lowest BCUT2D eigenvalue weighted by molar-refractivity contribution is 0.114. The fourth-order valence-corrected chi connectivity index (χ4v) is 4.06. The first kappa shape index (κ1) is 20.8. The van der Waals surface area contributed by atoms with Crippen LogP contribution in [0.5, 0.6) is 11.5 Å². The van der Waals surface area contributed by atoms with Crippen molar-refractivity contribution in [2.45, 2.75) is 51.7 Å². The van der Waals surface area contributed by atoms with E-state index in [2.05, 4.69) is 21.3 Å². The molecule has 1 aromatic carbocycles. The molecule has 0 spiro atoms. The van der Waals surface area contributed by atoms with Crippen LogP contribution in [0.4, 0.5) is 0 Å². The minimum atomic E-state index is 0.322. The van der Waals surface area contributed by atoms with Crippen LogP contribution in [-0.4, -0.2) is 57.4 Å². The maximum atomic E-state index is 6.31. The van der Waals surface area contributed by atoms with Crippen LogP contribution in [0.2, 0.25) is 0 Å². The molecule has 1 N–H and O–H groups in total. The molecule has 0 aromatic heterocycles. The Morgan fingerprint density at radius 1 is 1.25 bits per heavy atom. The van der Waals surface area contributed by atoms with Gasteiger partial charge in [-0.05, 0) is 51.2 Å². The summed E-state index contributed by atoms with van der Waals surface area (Å²) in [6.07, 6.45) is 6.27. The molecule has 1 saturated carbocycles. The van der Waals surface area contributed by atoms with E-state index >= 15 is 0 Å². The van der Waals surface area contributed by atoms with Crippen LogP contribution in [0.25, 0.3) is 0 Å². The third-order valence-corrected chi connectivity index (χ3v) is 5.66. The number of rotatable bonds is 8. The highest BCUT2D eigenvalue weighted by molar-refractivity contribution is 5.80. The summed E-state index contributed by atoms with van der Waals surface area (Å²) in [5.74, 6) is 3.28. The zero-order chi connectivity index (χ0) is 19.8. The number of guanidine groups is 1. The topological polar surface area (TPSA) is 55.3 Å². The average Bonchev–Trinajstić information content (AvgIpc) is 3.40. The molecule has 156 valence electrons. The van der Waals surface area contributed by atoms with Crippen LogP contribution in [-0.2, 0) is 11.3 Å². The van der Waals surface area contributed by atoms with Crippen LogP contribution in [0.1, 0.15) is 44.6 Å². The number of methoxy groups -OCH3 is 1. The molecular formula is C22H35N3O3. The van der Waals surface area contributed by atoms with Crippen molar-refractivity contribution in [3.05, 3.63) is 23.8 Å². The molecule has 2 aliphatic rings. The first-order valence-electron chi connectivity index (χ1n) is 10.6. The first-order chi connectivity index (χ1) is 13.7. The Labute approximate surface area is 169 Å². The van der Waals surface area contributed by atoms with E-state index in [-0.39, 0.29) is 0 Å². The lowest BCUT2D eigenvalue weighted by Gasteiger charge is -2.23. The summed E-state index contributed by atoms with van der Waals surface area (Å²) < 4.78 is 17.3. The molecule has 3 rings (SSSR count). The van der Waals surface area contributed by atoms with E-state index < -0.39 is 0 Å². The van der Waals surface area contributed by atoms with Gasteiger partial charge in [0, 0.05) is 50.8 Å². The Balaban J connectivity index is 1.60. The van der Waals surface area contributed by atoms with Crippen LogP contribution in [0, 0.1) is 5.92 Å². The van der Waals surface area contributed by atoms with Crippen molar-refractivity contribution in [1.29, 1.82) is 0 Å². The van der Waals surface area contributed by atoms with Crippen molar-refractivity contribution in [2.24, 2.45) is 10.9 Å². The summed E-state index contributed by atoms with van der Waals surface area (Å²) in [5, 5.41) is 3.52. The predicted molar refractivity (Wildman–Crippen MR) is 112 cm³/mol. The van der Waals surface area contributed by atoms with Crippen LogP contribution >= 0.6 is 0 Å². The molecule has 28 heavy (non-hydrogen) atoms. The van der Waals surface area contributed by atoms with Gasteiger partial charge in [-0.25, -0.2) is 0 Å². The van der Waals surface area contributed by atoms with Gasteiger partial charge in [-0.2, -0.15) is 0 Å². The number of nitrogens with one attached hydrogen (secondary N) is 1. The SMILES string of the molecule is CCOCC1CCN(C(=NC)NCc2ccc(OC)cc2OC2CCCC2)C1. The van der Waals surface area contributed by atoms with Crippen molar-refractivity contribution < 1.29 is 14.2 Å². The smallest absolute Gasteiger partial charge is 0.193 e. The fraction of sp³-hybridized carbons (Fsp3) is 0.682. The van der Waals surface area contributed by atoms with E-state index in [1.807, 2.05) is 26.1 Å². The Hall–Kier alpha value is -1.95. The molecule has 1 heterocycles. The molecule has 6 nitrogen and oxygen atoms in total. The highest BCUT2D eigenvalue weighted by Crippen LogP contribution is 2.30. The number of ether oxygens (including phenoxy) is 3. The van der Waals surface area contributed by atoms with Gasteiger partial charge in [-0.1, -0.05) is 0 Å². The summed E-state index contributed by atoms with van der Waals surface area (Å²) in [5.41, 5.74) is 1.14. The van der Waals surface area contributed by atoms with Crippen molar-refractivity contribution in [3.8, 4) is 11.5 Å². The lowest BCUT2D eigenvalue weighted by atomic mass is 10.1. The van der Waals surface area contributed by atoms with Crippen molar-refractivity contribution in [1.82, 2.24) is 10.2 Å². The van der Waals surface area contributed by atoms with Gasteiger partial charge in [0.15, 0.2) is 5.96 Å². The van der Waals surface area contributed by atoms with E-state index in [4.69, 9.17) is 14.2 Å². The van der Waals surface area contributed by atoms with Gasteiger partial charge in [0.2, 0.25) is 0 Å². The van der Waals surface area contributed by atoms with E-state index in [9.17, 15) is 0 Å². The zero-order valence-corrected chi connectivity index (χ0v) is 17.6. The van der Waals surface area contributed by atoms with Crippen LogP contribution in [0.15, 0.2) is 23.2 Å². The maximum Gasteiger partial charge on any atom is 0.193 e. The Kier molecular flexibility index (Phi) is 7.83. The lowest BCUT2D eigenvalue weighted by Crippen LogP contribution is -2.40. The molecule has 0 radical (unpaired) electrons. The van der Waals surface area contributed by atoms with Gasteiger partial charge in [-0.15, -0.1) is 0 Å². The van der Waals surface area contributed by atoms with E-state index in [0.29, 0.717) is 18.6 Å². The predicted octanol–water partition coefficient (Wildman–Crippen LogP) is 3.45. The summed E-state index contributed by atoms with van der Waals surface area (Å²) in [7, 11) is 3.54. The first-order valence-corrected chi connectivity index (χ1v) is 10.6. The molecule has 1 aliphatic heterocycles. The number of aliphatic imine (C=N–C) groups is 1. The number of likely N-dealkylation sites (tertiary alicyclic amines) is 1. The number of hydrogen-bond acceptors (Lipinski definition) is 4. The van der Waals surface area contributed by atoms with Crippen LogP contribution in [0.3, 0.4) is 0 Å². The molecule has 1 saturated heterocycles. The quantitative estimate of drug-likeness (QED) is 0.545. The summed E-state index contributed by atoms with van der Waals surface area (Å²) in [4.78, 5) is 6.82. The minimum Gasteiger partial charge on any atom is -0.497 e. The second-order valence-corrected chi connectivity index (χ2v) is 7.66. The summed E-state index contributed by atoms with van der Waals surface area (Å²) in [6, 6.07) is 6.09. The number of nitrogens with zero attached hydrogens (tertiary/aromatic N) is 2. The molecule has 1 atom stereocenters. The normalized spacial score (nSPS) is 20.6. The fourth-order valence-electron chi connectivity index (χ4n) is 4.06. The third-order valence-electron chi connectivity index (χ3n) is 5.66. The van der Waals surface area contributed by atoms with Crippen molar-refractivity contribution >= 4 is 5.96 Å². The monoisotopic (exact) mass is 389 g/mol. The maximum absolute atomic E-state index is 6.31. The standard InChI is InChI=1S/C22H35N3O3/c1-4-27-16-17-11-12-25(15-17)22(23-2)24-14-18-9-10-20(26-3)13-21(18)28-19-7-5-6-8-19/h9-10,13,17,19H,4-8,11-12,14-16H2,1-3H3,(H,23,24). The van der Waals surface area contributed by atoms with Gasteiger partial charge in [0.05, 0.1) is 19.8 Å². The molecule has 1 unspecified atom stereocenters. The highest BCUT2D eigenvalue weighted by Gasteiger charge is 2.25. The number of hydrogen-bond donors (Lipinski definition) is 1. The second-order valence-electron chi connectivity index (χ2n) is 7.66. The number of benzene rings is 1. The average molecular weight is 390 g/mol. The zero-order valence-electron chi connectivity index (χ0n) is 17.6. The largest absolute Gasteiger partial charge is 0.497 e. The molecule has 2 fully saturated rings. The third kappa shape index (κ3) is 5.53. The Bertz CT molecular complexity index is 644. The molecule has 6 heteroatoms. The molecule has 1 aromatic rings. The highest BCUT2D eigenvalue weighted by atomic mass is 16.5. The minimum absolute atomic E-state index is 0.322. The molecule has 0 amide bonds. The molecule has 0 bridgehead atoms. The van der Waals surface area contributed by atoms with Crippen molar-refractivity contribution in [2.75, 3.05) is 40.5 Å². The summed E-state index contributed by atoms with van der Waals surface area (Å²) >= 11 is 0.